The van der Waals surface area contributed by atoms with E-state index in [9.17, 15) is 0 Å². The topological polar surface area (TPSA) is 28.7 Å². The first-order valence-electron chi connectivity index (χ1n) is 7.22. The van der Waals surface area contributed by atoms with Crippen molar-refractivity contribution in [2.24, 2.45) is 0 Å². The maximum atomic E-state index is 6.50. The maximum absolute atomic E-state index is 6.50. The molecule has 18 heavy (non-hydrogen) atoms. The van der Waals surface area contributed by atoms with Gasteiger partial charge >= 0.3 is 0 Å². The molecule has 1 rings (SSSR count). The standard InChI is InChI=1S/C15H27N.CHN/c1-3-4-5-6-7-8-9-10-13-16-14-11-12-15(16)2;1-2/h11-12,14H,3-10,13H2,1-2H3;1H. The molecule has 0 spiro atoms. The van der Waals surface area contributed by atoms with Gasteiger partial charge in [-0.15, -0.1) is 0 Å². The zero-order valence-electron chi connectivity index (χ0n) is 12.1. The molecule has 2 nitrogen and oxygen atoms in total. The number of hydrogen-bond acceptors (Lipinski definition) is 1. The van der Waals surface area contributed by atoms with E-state index in [0.29, 0.717) is 0 Å². The predicted molar refractivity (Wildman–Crippen MR) is 78.4 cm³/mol. The molecule has 0 atom stereocenters. The highest BCUT2D eigenvalue weighted by atomic mass is 14.9. The van der Waals surface area contributed by atoms with Gasteiger partial charge in [0.2, 0.25) is 0 Å². The Morgan fingerprint density at radius 2 is 1.56 bits per heavy atom. The Kier molecular flexibility index (Phi) is 11.4. The number of unbranched alkanes of at least 4 members (excludes halogenated alkanes) is 7. The Bertz CT molecular complexity index is 299. The van der Waals surface area contributed by atoms with Crippen molar-refractivity contribution in [2.75, 3.05) is 0 Å². The molecule has 1 aromatic rings. The fourth-order valence-corrected chi connectivity index (χ4v) is 2.17. The Hall–Kier alpha value is -1.23. The van der Waals surface area contributed by atoms with Crippen molar-refractivity contribution in [3.8, 4) is 6.57 Å². The lowest BCUT2D eigenvalue weighted by molar-refractivity contribution is 0.541. The molecule has 0 aliphatic rings. The number of hydrogen-bond donors (Lipinski definition) is 0. The largest absolute Gasteiger partial charge is 0.352 e. The third-order valence-electron chi connectivity index (χ3n) is 3.31. The molecule has 0 radical (unpaired) electrons. The van der Waals surface area contributed by atoms with Crippen LogP contribution in [0.3, 0.4) is 0 Å². The van der Waals surface area contributed by atoms with Crippen LogP contribution < -0.4 is 0 Å². The SMILES string of the molecule is C#N.CCCCCCCCCCn1cccc1C. The van der Waals surface area contributed by atoms with Crippen LogP contribution in [0.4, 0.5) is 0 Å². The lowest BCUT2D eigenvalue weighted by atomic mass is 10.1. The number of aromatic nitrogens is 1. The number of nitriles is 1. The summed E-state index contributed by atoms with van der Waals surface area (Å²) < 4.78 is 2.36. The molecule has 0 N–H and O–H groups in total. The van der Waals surface area contributed by atoms with Gasteiger partial charge in [-0.2, -0.15) is 0 Å². The second-order valence-corrected chi connectivity index (χ2v) is 4.82. The van der Waals surface area contributed by atoms with Crippen molar-refractivity contribution in [1.82, 2.24) is 4.57 Å². The average Bonchev–Trinajstić information content (AvgIpc) is 2.81. The van der Waals surface area contributed by atoms with Gasteiger partial charge in [-0.1, -0.05) is 51.9 Å². The number of rotatable bonds is 9. The van der Waals surface area contributed by atoms with Crippen molar-refractivity contribution in [3.05, 3.63) is 24.0 Å². The van der Waals surface area contributed by atoms with Crippen LogP contribution in [0.2, 0.25) is 0 Å². The van der Waals surface area contributed by atoms with E-state index in [1.165, 1.54) is 63.6 Å². The lowest BCUT2D eigenvalue weighted by Crippen LogP contribution is -1.97. The van der Waals surface area contributed by atoms with Crippen LogP contribution in [-0.4, -0.2) is 4.57 Å². The first-order chi connectivity index (χ1) is 8.84. The van der Waals surface area contributed by atoms with E-state index in [1.54, 1.807) is 0 Å². The summed E-state index contributed by atoms with van der Waals surface area (Å²) in [5.41, 5.74) is 1.39. The summed E-state index contributed by atoms with van der Waals surface area (Å²) in [6.07, 6.45) is 13.4. The summed E-state index contributed by atoms with van der Waals surface area (Å²) in [4.78, 5) is 0. The average molecular weight is 248 g/mol. The molecule has 0 saturated carbocycles. The van der Waals surface area contributed by atoms with E-state index < -0.39 is 0 Å². The van der Waals surface area contributed by atoms with E-state index in [1.807, 2.05) is 0 Å². The maximum Gasteiger partial charge on any atom is 0.0462 e. The molecular weight excluding hydrogens is 220 g/mol. The minimum atomic E-state index is 1.20. The first kappa shape index (κ1) is 16.8. The summed E-state index contributed by atoms with van der Waals surface area (Å²) in [5.74, 6) is 0. The molecule has 0 bridgehead atoms. The Morgan fingerprint density at radius 1 is 1.00 bits per heavy atom. The smallest absolute Gasteiger partial charge is 0.0462 e. The molecular formula is C16H28N2. The lowest BCUT2D eigenvalue weighted by Gasteiger charge is -2.05. The highest BCUT2D eigenvalue weighted by Gasteiger charge is 1.95. The second-order valence-electron chi connectivity index (χ2n) is 4.82. The van der Waals surface area contributed by atoms with Crippen molar-refractivity contribution in [2.45, 2.75) is 71.8 Å². The molecule has 1 heterocycles. The van der Waals surface area contributed by atoms with E-state index in [2.05, 4.69) is 43.3 Å². The normalized spacial score (nSPS) is 9.78. The van der Waals surface area contributed by atoms with Crippen LogP contribution in [0.5, 0.6) is 0 Å². The van der Waals surface area contributed by atoms with Gasteiger partial charge in [0.25, 0.3) is 0 Å². The Balaban J connectivity index is 0.00000137. The van der Waals surface area contributed by atoms with Gasteiger partial charge in [-0.25, -0.2) is 5.26 Å². The van der Waals surface area contributed by atoms with Crippen LogP contribution in [0.25, 0.3) is 0 Å². The summed E-state index contributed by atoms with van der Waals surface area (Å²) in [7, 11) is 0. The fourth-order valence-electron chi connectivity index (χ4n) is 2.17. The van der Waals surface area contributed by atoms with Gasteiger partial charge in [0.05, 0.1) is 0 Å². The van der Waals surface area contributed by atoms with Crippen molar-refractivity contribution < 1.29 is 0 Å². The molecule has 0 unspecified atom stereocenters. The quantitative estimate of drug-likeness (QED) is 0.560. The van der Waals surface area contributed by atoms with Crippen LogP contribution in [-0.2, 0) is 6.54 Å². The third-order valence-corrected chi connectivity index (χ3v) is 3.31. The zero-order chi connectivity index (χ0) is 13.6. The Morgan fingerprint density at radius 3 is 2.06 bits per heavy atom. The fraction of sp³-hybridized carbons (Fsp3) is 0.688. The van der Waals surface area contributed by atoms with Gasteiger partial charge in [-0.3, -0.25) is 0 Å². The second kappa shape index (κ2) is 12.2. The summed E-state index contributed by atoms with van der Waals surface area (Å²) in [6.45, 7) is 9.16. The molecule has 0 aliphatic heterocycles. The van der Waals surface area contributed by atoms with Crippen LogP contribution >= 0.6 is 0 Å². The predicted octanol–water partition coefficient (Wildman–Crippen LogP) is 5.08. The van der Waals surface area contributed by atoms with E-state index in [0.717, 1.165) is 0 Å². The van der Waals surface area contributed by atoms with Crippen LogP contribution in [0, 0.1) is 18.8 Å². The van der Waals surface area contributed by atoms with Gasteiger partial charge < -0.3 is 4.57 Å². The van der Waals surface area contributed by atoms with Crippen LogP contribution in [0.1, 0.15) is 64.0 Å². The van der Waals surface area contributed by atoms with Crippen molar-refractivity contribution >= 4 is 0 Å². The van der Waals surface area contributed by atoms with Crippen LogP contribution in [0.15, 0.2) is 18.3 Å². The van der Waals surface area contributed by atoms with E-state index in [-0.39, 0.29) is 0 Å². The highest BCUT2D eigenvalue weighted by Crippen LogP contribution is 2.10. The number of nitrogens with zero attached hydrogens (tertiary/aromatic N) is 2. The van der Waals surface area contributed by atoms with Gasteiger partial charge in [0.15, 0.2) is 0 Å². The molecule has 0 aliphatic carbocycles. The molecule has 0 amide bonds. The monoisotopic (exact) mass is 248 g/mol. The van der Waals surface area contributed by atoms with Gasteiger partial charge in [0, 0.05) is 25.0 Å². The zero-order valence-corrected chi connectivity index (χ0v) is 12.1. The van der Waals surface area contributed by atoms with Gasteiger partial charge in [-0.05, 0) is 25.5 Å². The van der Waals surface area contributed by atoms with Gasteiger partial charge in [0.1, 0.15) is 0 Å². The minimum Gasteiger partial charge on any atom is -0.352 e. The minimum absolute atomic E-state index is 1.20. The number of aryl methyl sites for hydroxylation is 2. The molecule has 0 aromatic carbocycles. The molecule has 2 heteroatoms. The first-order valence-corrected chi connectivity index (χ1v) is 7.22. The molecule has 102 valence electrons. The van der Waals surface area contributed by atoms with E-state index >= 15 is 0 Å². The molecule has 0 saturated heterocycles. The van der Waals surface area contributed by atoms with Crippen molar-refractivity contribution in [3.63, 3.8) is 0 Å². The van der Waals surface area contributed by atoms with Crippen molar-refractivity contribution in [1.29, 1.82) is 5.26 Å². The Labute approximate surface area is 113 Å². The molecule has 1 aromatic heterocycles. The highest BCUT2D eigenvalue weighted by molar-refractivity contribution is 5.03. The third kappa shape index (κ3) is 7.95. The summed E-state index contributed by atoms with van der Waals surface area (Å²) >= 11 is 0. The summed E-state index contributed by atoms with van der Waals surface area (Å²) in [6, 6.07) is 4.32. The van der Waals surface area contributed by atoms with E-state index in [4.69, 9.17) is 5.26 Å². The summed E-state index contributed by atoms with van der Waals surface area (Å²) in [5, 5.41) is 6.50. The molecule has 0 fully saturated rings.